The second-order valence-corrected chi connectivity index (χ2v) is 4.99. The van der Waals surface area contributed by atoms with Crippen molar-refractivity contribution >= 4 is 5.91 Å². The Labute approximate surface area is 122 Å². The second kappa shape index (κ2) is 5.67. The molecule has 6 heteroatoms. The summed E-state index contributed by atoms with van der Waals surface area (Å²) in [5.74, 6) is -0.200. The molecule has 0 saturated carbocycles. The smallest absolute Gasteiger partial charge is 0.272 e. The van der Waals surface area contributed by atoms with E-state index in [9.17, 15) is 4.79 Å². The Kier molecular flexibility index (Phi) is 3.56. The summed E-state index contributed by atoms with van der Waals surface area (Å²) >= 11 is 0. The van der Waals surface area contributed by atoms with Gasteiger partial charge in [0.15, 0.2) is 11.9 Å². The quantitative estimate of drug-likeness (QED) is 0.857. The lowest BCUT2D eigenvalue weighted by Crippen LogP contribution is -2.36. The van der Waals surface area contributed by atoms with Gasteiger partial charge < -0.3 is 10.2 Å². The summed E-state index contributed by atoms with van der Waals surface area (Å²) in [6, 6.07) is 11.3. The molecule has 1 saturated heterocycles. The summed E-state index contributed by atoms with van der Waals surface area (Å²) in [6.45, 7) is 1.27. The van der Waals surface area contributed by atoms with Crippen molar-refractivity contribution in [2.75, 3.05) is 13.1 Å². The molecule has 6 nitrogen and oxygen atoms in total. The van der Waals surface area contributed by atoms with Crippen molar-refractivity contribution in [3.05, 3.63) is 48.3 Å². The predicted octanol–water partition coefficient (Wildman–Crippen LogP) is 1.16. The highest BCUT2D eigenvalue weighted by atomic mass is 16.2. The number of hydrogen-bond acceptors (Lipinski definition) is 4. The summed E-state index contributed by atoms with van der Waals surface area (Å²) in [4.78, 5) is 13.8. The molecule has 1 aliphatic rings. The SMILES string of the molecule is N#CN1CCC(NC(=O)c2ccn(-c3ccccc3)n2)C1. The minimum Gasteiger partial charge on any atom is -0.346 e. The van der Waals surface area contributed by atoms with Gasteiger partial charge in [0.2, 0.25) is 0 Å². The molecule has 1 N–H and O–H groups in total. The van der Waals surface area contributed by atoms with Crippen LogP contribution in [0.2, 0.25) is 0 Å². The molecule has 1 aromatic carbocycles. The monoisotopic (exact) mass is 281 g/mol. The molecular formula is C15H15N5O. The van der Waals surface area contributed by atoms with E-state index < -0.39 is 0 Å². The number of nitrogens with one attached hydrogen (secondary N) is 1. The van der Waals surface area contributed by atoms with E-state index in [-0.39, 0.29) is 11.9 Å². The van der Waals surface area contributed by atoms with Gasteiger partial charge in [0.1, 0.15) is 0 Å². The zero-order chi connectivity index (χ0) is 14.7. The van der Waals surface area contributed by atoms with Crippen molar-refractivity contribution in [3.8, 4) is 11.9 Å². The number of nitrogens with zero attached hydrogens (tertiary/aromatic N) is 4. The van der Waals surface area contributed by atoms with Crippen LogP contribution in [0, 0.1) is 11.5 Å². The molecule has 1 atom stereocenters. The molecular weight excluding hydrogens is 266 g/mol. The fraction of sp³-hybridized carbons (Fsp3) is 0.267. The molecule has 1 aliphatic heterocycles. The highest BCUT2D eigenvalue weighted by molar-refractivity contribution is 5.92. The Bertz CT molecular complexity index is 673. The van der Waals surface area contributed by atoms with Crippen LogP contribution >= 0.6 is 0 Å². The van der Waals surface area contributed by atoms with Crippen LogP contribution < -0.4 is 5.32 Å². The molecule has 1 amide bonds. The highest BCUT2D eigenvalue weighted by Gasteiger charge is 2.24. The number of para-hydroxylation sites is 1. The Balaban J connectivity index is 1.67. The number of rotatable bonds is 3. The summed E-state index contributed by atoms with van der Waals surface area (Å²) < 4.78 is 1.67. The molecule has 1 fully saturated rings. The van der Waals surface area contributed by atoms with Crippen molar-refractivity contribution in [1.29, 1.82) is 5.26 Å². The first-order valence-electron chi connectivity index (χ1n) is 6.83. The van der Waals surface area contributed by atoms with Crippen molar-refractivity contribution in [1.82, 2.24) is 20.0 Å². The van der Waals surface area contributed by atoms with Crippen LogP contribution in [0.4, 0.5) is 0 Å². The average molecular weight is 281 g/mol. The van der Waals surface area contributed by atoms with Crippen molar-refractivity contribution in [2.45, 2.75) is 12.5 Å². The maximum absolute atomic E-state index is 12.2. The van der Waals surface area contributed by atoms with Crippen LogP contribution in [0.3, 0.4) is 0 Å². The first-order valence-corrected chi connectivity index (χ1v) is 6.83. The lowest BCUT2D eigenvalue weighted by molar-refractivity contribution is 0.0933. The lowest BCUT2D eigenvalue weighted by atomic mass is 10.2. The summed E-state index contributed by atoms with van der Waals surface area (Å²) in [6.07, 6.45) is 4.65. The van der Waals surface area contributed by atoms with Crippen LogP contribution in [-0.4, -0.2) is 39.7 Å². The van der Waals surface area contributed by atoms with Crippen LogP contribution in [0.1, 0.15) is 16.9 Å². The molecule has 1 unspecified atom stereocenters. The van der Waals surface area contributed by atoms with Crippen molar-refractivity contribution in [2.24, 2.45) is 0 Å². The Morgan fingerprint density at radius 2 is 2.14 bits per heavy atom. The molecule has 0 spiro atoms. The van der Waals surface area contributed by atoms with Crippen molar-refractivity contribution < 1.29 is 4.79 Å². The number of amides is 1. The first-order chi connectivity index (χ1) is 10.3. The van der Waals surface area contributed by atoms with Gasteiger partial charge in [-0.15, -0.1) is 0 Å². The molecule has 1 aromatic heterocycles. The van der Waals surface area contributed by atoms with E-state index in [0.29, 0.717) is 18.8 Å². The van der Waals surface area contributed by atoms with E-state index in [1.165, 1.54) is 0 Å². The molecule has 2 heterocycles. The molecule has 21 heavy (non-hydrogen) atoms. The molecule has 0 bridgehead atoms. The summed E-state index contributed by atoms with van der Waals surface area (Å²) in [7, 11) is 0. The van der Waals surface area contributed by atoms with Gasteiger partial charge in [0, 0.05) is 25.3 Å². The molecule has 0 aliphatic carbocycles. The normalized spacial score (nSPS) is 17.5. The van der Waals surface area contributed by atoms with E-state index in [1.807, 2.05) is 30.3 Å². The van der Waals surface area contributed by atoms with Crippen LogP contribution in [0.5, 0.6) is 0 Å². The van der Waals surface area contributed by atoms with E-state index in [4.69, 9.17) is 5.26 Å². The zero-order valence-electron chi connectivity index (χ0n) is 11.4. The minimum absolute atomic E-state index is 0.0130. The fourth-order valence-electron chi connectivity index (χ4n) is 2.40. The van der Waals surface area contributed by atoms with Gasteiger partial charge >= 0.3 is 0 Å². The highest BCUT2D eigenvalue weighted by Crippen LogP contribution is 2.10. The molecule has 2 aromatic rings. The standard InChI is InChI=1S/C15H15N5O/c16-11-19-8-6-12(10-19)17-15(21)14-7-9-20(18-14)13-4-2-1-3-5-13/h1-5,7,9,12H,6,8,10H2,(H,17,21). The third-order valence-corrected chi connectivity index (χ3v) is 3.51. The maximum atomic E-state index is 12.2. The van der Waals surface area contributed by atoms with Gasteiger partial charge in [-0.25, -0.2) is 4.68 Å². The number of carbonyl (C=O) groups excluding carboxylic acids is 1. The number of hydrogen-bond donors (Lipinski definition) is 1. The molecule has 0 radical (unpaired) electrons. The number of nitriles is 1. The van der Waals surface area contributed by atoms with Gasteiger partial charge in [0.25, 0.3) is 5.91 Å². The second-order valence-electron chi connectivity index (χ2n) is 4.99. The Hall–Kier alpha value is -2.81. The lowest BCUT2D eigenvalue weighted by Gasteiger charge is -2.10. The third-order valence-electron chi connectivity index (χ3n) is 3.51. The third kappa shape index (κ3) is 2.87. The van der Waals surface area contributed by atoms with Crippen LogP contribution in [0.15, 0.2) is 42.6 Å². The number of benzene rings is 1. The Morgan fingerprint density at radius 3 is 2.86 bits per heavy atom. The number of carbonyl (C=O) groups is 1. The van der Waals surface area contributed by atoms with E-state index in [0.717, 1.165) is 12.1 Å². The average Bonchev–Trinajstić information content (AvgIpc) is 3.17. The van der Waals surface area contributed by atoms with Gasteiger partial charge in [-0.05, 0) is 24.6 Å². The fourth-order valence-corrected chi connectivity index (χ4v) is 2.40. The summed E-state index contributed by atoms with van der Waals surface area (Å²) in [5, 5.41) is 16.0. The van der Waals surface area contributed by atoms with Gasteiger partial charge in [-0.1, -0.05) is 18.2 Å². The van der Waals surface area contributed by atoms with Gasteiger partial charge in [-0.3, -0.25) is 4.79 Å². The van der Waals surface area contributed by atoms with E-state index in [1.54, 1.807) is 21.8 Å². The maximum Gasteiger partial charge on any atom is 0.272 e. The van der Waals surface area contributed by atoms with E-state index >= 15 is 0 Å². The van der Waals surface area contributed by atoms with E-state index in [2.05, 4.69) is 16.6 Å². The van der Waals surface area contributed by atoms with Crippen LogP contribution in [0.25, 0.3) is 5.69 Å². The van der Waals surface area contributed by atoms with Crippen molar-refractivity contribution in [3.63, 3.8) is 0 Å². The van der Waals surface area contributed by atoms with Gasteiger partial charge in [-0.2, -0.15) is 10.4 Å². The van der Waals surface area contributed by atoms with Gasteiger partial charge in [0.05, 0.1) is 5.69 Å². The number of aromatic nitrogens is 2. The first kappa shape index (κ1) is 13.2. The Morgan fingerprint density at radius 1 is 1.33 bits per heavy atom. The summed E-state index contributed by atoms with van der Waals surface area (Å²) in [5.41, 5.74) is 1.29. The minimum atomic E-state index is -0.200. The van der Waals surface area contributed by atoms with Crippen LogP contribution in [-0.2, 0) is 0 Å². The number of likely N-dealkylation sites (tertiary alicyclic amines) is 1. The predicted molar refractivity (Wildman–Crippen MR) is 76.6 cm³/mol. The largest absolute Gasteiger partial charge is 0.346 e. The topological polar surface area (TPSA) is 74.0 Å². The molecule has 3 rings (SSSR count). The zero-order valence-corrected chi connectivity index (χ0v) is 11.4. The molecule has 106 valence electrons.